The predicted molar refractivity (Wildman–Crippen MR) is 71.2 cm³/mol. The minimum absolute atomic E-state index is 0.101. The molecule has 0 aliphatic rings. The van der Waals surface area contributed by atoms with Gasteiger partial charge in [0.05, 0.1) is 6.10 Å². The second-order valence-corrected chi connectivity index (χ2v) is 5.41. The van der Waals surface area contributed by atoms with Crippen LogP contribution in [0.1, 0.15) is 46.6 Å². The van der Waals surface area contributed by atoms with E-state index in [1.807, 2.05) is 6.07 Å². The Labute approximate surface area is 105 Å². The van der Waals surface area contributed by atoms with Gasteiger partial charge in [0.1, 0.15) is 0 Å². The maximum absolute atomic E-state index is 5.81. The smallest absolute Gasteiger partial charge is 0.218 e. The van der Waals surface area contributed by atoms with Crippen molar-refractivity contribution in [1.29, 1.82) is 0 Å². The van der Waals surface area contributed by atoms with Crippen LogP contribution in [0.15, 0.2) is 18.3 Å². The molecule has 1 aromatic rings. The molecule has 0 aliphatic carbocycles. The van der Waals surface area contributed by atoms with Crippen LogP contribution in [-0.2, 0) is 6.54 Å². The van der Waals surface area contributed by atoms with Gasteiger partial charge in [-0.25, -0.2) is 4.98 Å². The number of hydrogen-bond acceptors (Lipinski definition) is 3. The lowest BCUT2D eigenvalue weighted by molar-refractivity contribution is 0.205. The van der Waals surface area contributed by atoms with Crippen molar-refractivity contribution in [3.63, 3.8) is 0 Å². The fraction of sp³-hybridized carbons (Fsp3) is 0.643. The third-order valence-electron chi connectivity index (χ3n) is 2.55. The molecule has 1 heterocycles. The summed E-state index contributed by atoms with van der Waals surface area (Å²) in [7, 11) is 0. The normalized spacial score (nSPS) is 13.5. The van der Waals surface area contributed by atoms with Crippen molar-refractivity contribution in [3.05, 3.63) is 23.9 Å². The van der Waals surface area contributed by atoms with Crippen LogP contribution in [0, 0.1) is 0 Å². The van der Waals surface area contributed by atoms with E-state index in [0.717, 1.165) is 24.4 Å². The number of hydrogen-bond donors (Lipinski definition) is 1. The largest absolute Gasteiger partial charge is 0.474 e. The molecular formula is C14H24N2O. The van der Waals surface area contributed by atoms with Crippen LogP contribution < -0.4 is 10.1 Å². The molecule has 0 saturated heterocycles. The van der Waals surface area contributed by atoms with Crippen molar-refractivity contribution in [3.8, 4) is 5.88 Å². The highest BCUT2D eigenvalue weighted by atomic mass is 16.5. The summed E-state index contributed by atoms with van der Waals surface area (Å²) in [4.78, 5) is 4.31. The van der Waals surface area contributed by atoms with Gasteiger partial charge >= 0.3 is 0 Å². The number of rotatable bonds is 5. The molecule has 17 heavy (non-hydrogen) atoms. The summed E-state index contributed by atoms with van der Waals surface area (Å²) in [5, 5.41) is 3.45. The van der Waals surface area contributed by atoms with E-state index in [2.05, 4.69) is 51.0 Å². The fourth-order valence-electron chi connectivity index (χ4n) is 1.30. The number of pyridine rings is 1. The first-order valence-corrected chi connectivity index (χ1v) is 6.28. The Morgan fingerprint density at radius 3 is 2.71 bits per heavy atom. The zero-order chi connectivity index (χ0) is 12.9. The van der Waals surface area contributed by atoms with Gasteiger partial charge < -0.3 is 10.1 Å². The van der Waals surface area contributed by atoms with Gasteiger partial charge in [0, 0.05) is 23.8 Å². The lowest BCUT2D eigenvalue weighted by Gasteiger charge is -2.22. The molecule has 3 heteroatoms. The Morgan fingerprint density at radius 2 is 2.12 bits per heavy atom. The Hall–Kier alpha value is -1.09. The summed E-state index contributed by atoms with van der Waals surface area (Å²) >= 11 is 0. The first-order chi connectivity index (χ1) is 7.92. The predicted octanol–water partition coefficient (Wildman–Crippen LogP) is 3.15. The fourth-order valence-corrected chi connectivity index (χ4v) is 1.30. The molecule has 0 radical (unpaired) electrons. The molecule has 3 nitrogen and oxygen atoms in total. The van der Waals surface area contributed by atoms with Crippen molar-refractivity contribution in [2.45, 2.75) is 59.2 Å². The molecule has 0 fully saturated rings. The molecule has 1 N–H and O–H groups in total. The van der Waals surface area contributed by atoms with Gasteiger partial charge in [-0.05, 0) is 40.2 Å². The second kappa shape index (κ2) is 6.01. The lowest BCUT2D eigenvalue weighted by Crippen LogP contribution is -2.35. The average molecular weight is 236 g/mol. The van der Waals surface area contributed by atoms with Crippen molar-refractivity contribution >= 4 is 0 Å². The van der Waals surface area contributed by atoms with Crippen molar-refractivity contribution in [2.24, 2.45) is 0 Å². The minimum atomic E-state index is 0.101. The Bertz CT molecular complexity index is 344. The summed E-state index contributed by atoms with van der Waals surface area (Å²) < 4.78 is 5.81. The van der Waals surface area contributed by atoms with Gasteiger partial charge in [0.25, 0.3) is 0 Å². The quantitative estimate of drug-likeness (QED) is 0.852. The van der Waals surface area contributed by atoms with Crippen LogP contribution >= 0.6 is 0 Å². The zero-order valence-electron chi connectivity index (χ0n) is 11.6. The lowest BCUT2D eigenvalue weighted by atomic mass is 10.1. The standard InChI is InChI=1S/C14H24N2O/c1-6-11(2)17-13-12(8-7-9-15-13)10-16-14(3,4)5/h7-9,11,16H,6,10H2,1-5H3. The highest BCUT2D eigenvalue weighted by Gasteiger charge is 2.12. The van der Waals surface area contributed by atoms with E-state index in [-0.39, 0.29) is 11.6 Å². The van der Waals surface area contributed by atoms with Crippen molar-refractivity contribution in [1.82, 2.24) is 10.3 Å². The van der Waals surface area contributed by atoms with E-state index in [1.54, 1.807) is 6.20 Å². The number of nitrogens with zero attached hydrogens (tertiary/aromatic N) is 1. The molecular weight excluding hydrogens is 212 g/mol. The van der Waals surface area contributed by atoms with E-state index < -0.39 is 0 Å². The van der Waals surface area contributed by atoms with Crippen LogP contribution in [0.5, 0.6) is 5.88 Å². The van der Waals surface area contributed by atoms with Gasteiger partial charge in [-0.15, -0.1) is 0 Å². The summed E-state index contributed by atoms with van der Waals surface area (Å²) in [6.45, 7) is 11.4. The van der Waals surface area contributed by atoms with Crippen molar-refractivity contribution < 1.29 is 4.74 Å². The van der Waals surface area contributed by atoms with Crippen LogP contribution in [-0.4, -0.2) is 16.6 Å². The molecule has 1 aromatic heterocycles. The van der Waals surface area contributed by atoms with Gasteiger partial charge in [-0.1, -0.05) is 13.0 Å². The molecule has 96 valence electrons. The van der Waals surface area contributed by atoms with E-state index in [9.17, 15) is 0 Å². The first kappa shape index (κ1) is 14.0. The highest BCUT2D eigenvalue weighted by Crippen LogP contribution is 2.17. The molecule has 0 bridgehead atoms. The Balaban J connectivity index is 2.70. The Morgan fingerprint density at radius 1 is 1.41 bits per heavy atom. The SMILES string of the molecule is CCC(C)Oc1ncccc1CNC(C)(C)C. The summed E-state index contributed by atoms with van der Waals surface area (Å²) in [6.07, 6.45) is 2.97. The second-order valence-electron chi connectivity index (χ2n) is 5.41. The first-order valence-electron chi connectivity index (χ1n) is 6.28. The maximum Gasteiger partial charge on any atom is 0.218 e. The van der Waals surface area contributed by atoms with E-state index in [0.29, 0.717) is 0 Å². The summed E-state index contributed by atoms with van der Waals surface area (Å²) in [5.41, 5.74) is 1.21. The van der Waals surface area contributed by atoms with Gasteiger partial charge in [0.15, 0.2) is 0 Å². The van der Waals surface area contributed by atoms with Crippen molar-refractivity contribution in [2.75, 3.05) is 0 Å². The zero-order valence-corrected chi connectivity index (χ0v) is 11.6. The molecule has 1 rings (SSSR count). The van der Waals surface area contributed by atoms with E-state index in [4.69, 9.17) is 4.74 Å². The van der Waals surface area contributed by atoms with Gasteiger partial charge in [0.2, 0.25) is 5.88 Å². The molecule has 0 aliphatic heterocycles. The molecule has 1 atom stereocenters. The van der Waals surface area contributed by atoms with Crippen LogP contribution in [0.4, 0.5) is 0 Å². The topological polar surface area (TPSA) is 34.1 Å². The maximum atomic E-state index is 5.81. The summed E-state index contributed by atoms with van der Waals surface area (Å²) in [6, 6.07) is 4.01. The molecule has 0 amide bonds. The minimum Gasteiger partial charge on any atom is -0.474 e. The number of ether oxygens (including phenoxy) is 1. The number of nitrogens with one attached hydrogen (secondary N) is 1. The third-order valence-corrected chi connectivity index (χ3v) is 2.55. The van der Waals surface area contributed by atoms with Crippen LogP contribution in [0.25, 0.3) is 0 Å². The van der Waals surface area contributed by atoms with E-state index >= 15 is 0 Å². The van der Waals surface area contributed by atoms with Crippen LogP contribution in [0.2, 0.25) is 0 Å². The third kappa shape index (κ3) is 5.18. The summed E-state index contributed by atoms with van der Waals surface area (Å²) in [5.74, 6) is 0.749. The van der Waals surface area contributed by atoms with Gasteiger partial charge in [-0.2, -0.15) is 0 Å². The highest BCUT2D eigenvalue weighted by molar-refractivity contribution is 5.25. The molecule has 0 saturated carbocycles. The molecule has 1 unspecified atom stereocenters. The van der Waals surface area contributed by atoms with Gasteiger partial charge in [-0.3, -0.25) is 0 Å². The van der Waals surface area contributed by atoms with E-state index in [1.165, 1.54) is 0 Å². The molecule has 0 aromatic carbocycles. The monoisotopic (exact) mass is 236 g/mol. The average Bonchev–Trinajstić information content (AvgIpc) is 2.26. The molecule has 0 spiro atoms. The number of aromatic nitrogens is 1. The Kier molecular flexibility index (Phi) is 4.94. The van der Waals surface area contributed by atoms with Crippen LogP contribution in [0.3, 0.4) is 0 Å².